The van der Waals surface area contributed by atoms with Crippen molar-refractivity contribution < 1.29 is 4.79 Å². The number of hydrogen-bond donors (Lipinski definition) is 1. The number of amides is 1. The summed E-state index contributed by atoms with van der Waals surface area (Å²) in [5.74, 6) is -0.0954. The lowest BCUT2D eigenvalue weighted by molar-refractivity contribution is -0.130. The molecule has 0 radical (unpaired) electrons. The van der Waals surface area contributed by atoms with Crippen LogP contribution in [-0.2, 0) is 4.79 Å². The van der Waals surface area contributed by atoms with Crippen LogP contribution in [0.2, 0.25) is 0 Å². The summed E-state index contributed by atoms with van der Waals surface area (Å²) in [5, 5.41) is 9.68. The second-order valence-corrected chi connectivity index (χ2v) is 5.44. The molecule has 0 unspecified atom stereocenters. The van der Waals surface area contributed by atoms with Crippen molar-refractivity contribution in [3.63, 3.8) is 0 Å². The lowest BCUT2D eigenvalue weighted by atomic mass is 9.96. The average molecular weight is 295 g/mol. The molecule has 2 aromatic heterocycles. The molecule has 1 amide bonds. The van der Waals surface area contributed by atoms with Gasteiger partial charge in [-0.15, -0.1) is 0 Å². The highest BCUT2D eigenvalue weighted by atomic mass is 16.2. The number of fused-ring (bicyclic) bond motifs is 1. The molecule has 3 heterocycles. The van der Waals surface area contributed by atoms with Crippen LogP contribution >= 0.6 is 0 Å². The number of aromatic nitrogens is 3. The summed E-state index contributed by atoms with van der Waals surface area (Å²) in [4.78, 5) is 25.4. The fourth-order valence-electron chi connectivity index (χ4n) is 2.91. The Labute approximate surface area is 128 Å². The number of carbonyl (C=O) groups excluding carboxylic acids is 1. The Hall–Kier alpha value is -2.68. The summed E-state index contributed by atoms with van der Waals surface area (Å²) in [6, 6.07) is 3.90. The Balaban J connectivity index is 1.93. The molecule has 3 rings (SSSR count). The van der Waals surface area contributed by atoms with Gasteiger partial charge in [-0.05, 0) is 37.0 Å². The predicted molar refractivity (Wildman–Crippen MR) is 82.5 cm³/mol. The maximum atomic E-state index is 11.9. The molecule has 0 aliphatic carbocycles. The van der Waals surface area contributed by atoms with Crippen LogP contribution in [0.25, 0.3) is 16.6 Å². The SMILES string of the molecule is C/C(=C1/CCCN(C(=O)CC#N)C1)c1ncnc2[nH]ccc12. The molecule has 2 aromatic rings. The van der Waals surface area contributed by atoms with E-state index in [4.69, 9.17) is 5.26 Å². The average Bonchev–Trinajstić information content (AvgIpc) is 3.03. The second kappa shape index (κ2) is 5.98. The van der Waals surface area contributed by atoms with E-state index in [-0.39, 0.29) is 12.3 Å². The summed E-state index contributed by atoms with van der Waals surface area (Å²) in [5.41, 5.74) is 4.04. The summed E-state index contributed by atoms with van der Waals surface area (Å²) >= 11 is 0. The molecular weight excluding hydrogens is 278 g/mol. The van der Waals surface area contributed by atoms with E-state index in [1.54, 1.807) is 11.2 Å². The second-order valence-electron chi connectivity index (χ2n) is 5.44. The Morgan fingerprint density at radius 2 is 2.36 bits per heavy atom. The van der Waals surface area contributed by atoms with Crippen LogP contribution in [0.4, 0.5) is 0 Å². The molecule has 6 nitrogen and oxygen atoms in total. The fraction of sp³-hybridized carbons (Fsp3) is 0.375. The van der Waals surface area contributed by atoms with Gasteiger partial charge in [-0.1, -0.05) is 0 Å². The monoisotopic (exact) mass is 295 g/mol. The summed E-state index contributed by atoms with van der Waals surface area (Å²) < 4.78 is 0. The van der Waals surface area contributed by atoms with Gasteiger partial charge in [-0.25, -0.2) is 9.97 Å². The molecule has 22 heavy (non-hydrogen) atoms. The molecule has 0 aromatic carbocycles. The van der Waals surface area contributed by atoms with Crippen molar-refractivity contribution in [2.45, 2.75) is 26.2 Å². The van der Waals surface area contributed by atoms with Gasteiger partial charge in [0.1, 0.15) is 18.4 Å². The number of piperidine rings is 1. The van der Waals surface area contributed by atoms with E-state index in [2.05, 4.69) is 15.0 Å². The largest absolute Gasteiger partial charge is 0.346 e. The molecule has 0 atom stereocenters. The van der Waals surface area contributed by atoms with Crippen LogP contribution in [0.15, 0.2) is 24.2 Å². The third-order valence-electron chi connectivity index (χ3n) is 4.11. The Morgan fingerprint density at radius 1 is 1.50 bits per heavy atom. The lowest BCUT2D eigenvalue weighted by Crippen LogP contribution is -2.36. The first-order valence-corrected chi connectivity index (χ1v) is 7.32. The van der Waals surface area contributed by atoms with E-state index in [1.807, 2.05) is 25.3 Å². The van der Waals surface area contributed by atoms with Crippen LogP contribution in [0.3, 0.4) is 0 Å². The van der Waals surface area contributed by atoms with Crippen LogP contribution in [0.5, 0.6) is 0 Å². The van der Waals surface area contributed by atoms with Crippen molar-refractivity contribution in [2.24, 2.45) is 0 Å². The molecule has 0 saturated carbocycles. The van der Waals surface area contributed by atoms with E-state index in [0.29, 0.717) is 6.54 Å². The van der Waals surface area contributed by atoms with Crippen molar-refractivity contribution in [3.8, 4) is 6.07 Å². The molecule has 0 bridgehead atoms. The molecular formula is C16H17N5O. The fourth-order valence-corrected chi connectivity index (χ4v) is 2.91. The minimum atomic E-state index is -0.0954. The highest BCUT2D eigenvalue weighted by molar-refractivity contribution is 5.88. The van der Waals surface area contributed by atoms with Crippen LogP contribution in [0.1, 0.15) is 31.9 Å². The van der Waals surface area contributed by atoms with E-state index in [9.17, 15) is 4.79 Å². The zero-order chi connectivity index (χ0) is 15.5. The van der Waals surface area contributed by atoms with Gasteiger partial charge in [-0.3, -0.25) is 4.79 Å². The van der Waals surface area contributed by atoms with Crippen LogP contribution < -0.4 is 0 Å². The Bertz CT molecular complexity index is 783. The maximum Gasteiger partial charge on any atom is 0.237 e. The minimum absolute atomic E-state index is 0.0537. The molecule has 1 saturated heterocycles. The maximum absolute atomic E-state index is 11.9. The minimum Gasteiger partial charge on any atom is -0.346 e. The summed E-state index contributed by atoms with van der Waals surface area (Å²) in [7, 11) is 0. The molecule has 1 N–H and O–H groups in total. The lowest BCUT2D eigenvalue weighted by Gasteiger charge is -2.29. The number of hydrogen-bond acceptors (Lipinski definition) is 4. The molecule has 6 heteroatoms. The van der Waals surface area contributed by atoms with Crippen LogP contribution in [-0.4, -0.2) is 38.8 Å². The first kappa shape index (κ1) is 14.3. The molecule has 1 aliphatic heterocycles. The Morgan fingerprint density at radius 3 is 3.18 bits per heavy atom. The van der Waals surface area contributed by atoms with Gasteiger partial charge in [0.05, 0.1) is 11.8 Å². The van der Waals surface area contributed by atoms with Gasteiger partial charge in [0.2, 0.25) is 5.91 Å². The van der Waals surface area contributed by atoms with Gasteiger partial charge >= 0.3 is 0 Å². The molecule has 1 aliphatic rings. The molecule has 0 spiro atoms. The summed E-state index contributed by atoms with van der Waals surface area (Å²) in [6.07, 6.45) is 5.23. The van der Waals surface area contributed by atoms with E-state index >= 15 is 0 Å². The van der Waals surface area contributed by atoms with Crippen molar-refractivity contribution in [3.05, 3.63) is 29.9 Å². The first-order valence-electron chi connectivity index (χ1n) is 7.32. The topological polar surface area (TPSA) is 85.7 Å². The van der Waals surface area contributed by atoms with Gasteiger partial charge in [0.15, 0.2) is 0 Å². The van der Waals surface area contributed by atoms with Gasteiger partial charge < -0.3 is 9.88 Å². The highest BCUT2D eigenvalue weighted by Gasteiger charge is 2.21. The van der Waals surface area contributed by atoms with E-state index in [0.717, 1.165) is 41.7 Å². The van der Waals surface area contributed by atoms with Gasteiger partial charge in [0, 0.05) is 24.7 Å². The number of nitrogens with one attached hydrogen (secondary N) is 1. The number of likely N-dealkylation sites (tertiary alicyclic amines) is 1. The number of rotatable bonds is 2. The normalized spacial score (nSPS) is 17.4. The standard InChI is InChI=1S/C16H17N5O/c1-11(15-13-5-7-18-16(13)20-10-19-15)12-3-2-8-21(9-12)14(22)4-6-17/h5,7,10H,2-4,8-9H2,1H3,(H,18,19,20)/b12-11+. The number of carbonyl (C=O) groups is 1. The highest BCUT2D eigenvalue weighted by Crippen LogP contribution is 2.28. The Kier molecular flexibility index (Phi) is 3.88. The van der Waals surface area contributed by atoms with Crippen molar-refractivity contribution >= 4 is 22.5 Å². The smallest absolute Gasteiger partial charge is 0.237 e. The number of H-pyrrole nitrogens is 1. The third-order valence-corrected chi connectivity index (χ3v) is 4.11. The van der Waals surface area contributed by atoms with Gasteiger partial charge in [0.25, 0.3) is 0 Å². The summed E-state index contributed by atoms with van der Waals surface area (Å²) in [6.45, 7) is 3.35. The van der Waals surface area contributed by atoms with E-state index in [1.165, 1.54) is 5.57 Å². The first-order chi connectivity index (χ1) is 10.7. The van der Waals surface area contributed by atoms with Crippen LogP contribution in [0, 0.1) is 11.3 Å². The molecule has 112 valence electrons. The predicted octanol–water partition coefficient (Wildman–Crippen LogP) is 2.27. The molecule has 1 fully saturated rings. The number of aromatic amines is 1. The van der Waals surface area contributed by atoms with Gasteiger partial charge in [-0.2, -0.15) is 5.26 Å². The third kappa shape index (κ3) is 2.58. The number of nitrogens with zero attached hydrogens (tertiary/aromatic N) is 4. The zero-order valence-electron chi connectivity index (χ0n) is 12.5. The van der Waals surface area contributed by atoms with Crippen molar-refractivity contribution in [1.82, 2.24) is 19.9 Å². The quantitative estimate of drug-likeness (QED) is 0.920. The number of nitriles is 1. The number of allylic oxidation sites excluding steroid dienone is 1. The zero-order valence-corrected chi connectivity index (χ0v) is 12.5. The van der Waals surface area contributed by atoms with E-state index < -0.39 is 0 Å². The van der Waals surface area contributed by atoms with Crippen molar-refractivity contribution in [2.75, 3.05) is 13.1 Å². The van der Waals surface area contributed by atoms with Crippen molar-refractivity contribution in [1.29, 1.82) is 5.26 Å².